The third-order valence-corrected chi connectivity index (χ3v) is 23.5. The molecule has 0 fully saturated rings. The second-order valence-electron chi connectivity index (χ2n) is 8.06. The minimum atomic E-state index is -3.67. The molecule has 26 heavy (non-hydrogen) atoms. The normalized spacial score (nSPS) is 17.4. The van der Waals surface area contributed by atoms with Crippen molar-refractivity contribution in [2.24, 2.45) is 0 Å². The first kappa shape index (κ1) is 17.6. The molecule has 0 heterocycles. The fourth-order valence-corrected chi connectivity index (χ4v) is 21.1. The van der Waals surface area contributed by atoms with Gasteiger partial charge in [-0.15, -0.1) is 0 Å². The van der Waals surface area contributed by atoms with E-state index in [0.717, 1.165) is 8.26 Å². The molecule has 0 aliphatic heterocycles. The van der Waals surface area contributed by atoms with Crippen LogP contribution in [0, 0.1) is 0 Å². The second kappa shape index (κ2) is 7.05. The van der Waals surface area contributed by atoms with Crippen LogP contribution in [-0.4, -0.2) is 4.21 Å². The van der Waals surface area contributed by atoms with Crippen LogP contribution in [0.3, 0.4) is 0 Å². The first-order valence-electron chi connectivity index (χ1n) is 9.50. The van der Waals surface area contributed by atoms with Crippen molar-refractivity contribution in [3.05, 3.63) is 120 Å². The Hall–Kier alpha value is -1.85. The molecule has 130 valence electrons. The van der Waals surface area contributed by atoms with Crippen molar-refractivity contribution >= 4 is 4.21 Å². The van der Waals surface area contributed by atoms with Gasteiger partial charge in [0.1, 0.15) is 0 Å². The number of benzene rings is 2. The summed E-state index contributed by atoms with van der Waals surface area (Å²) in [5.74, 6) is 0. The third-order valence-electron chi connectivity index (χ3n) is 6.30. The summed E-state index contributed by atoms with van der Waals surface area (Å²) in [5.41, 5.74) is 2.87. The van der Waals surface area contributed by atoms with Crippen molar-refractivity contribution < 1.29 is 18.3 Å². The van der Waals surface area contributed by atoms with Gasteiger partial charge < -0.3 is 0 Å². The van der Waals surface area contributed by atoms with Crippen LogP contribution in [0.2, 0.25) is 7.25 Å². The van der Waals surface area contributed by atoms with E-state index < -0.39 is 18.3 Å². The van der Waals surface area contributed by atoms with Gasteiger partial charge in [0.2, 0.25) is 0 Å². The Kier molecular flexibility index (Phi) is 4.76. The van der Waals surface area contributed by atoms with Crippen LogP contribution in [0.15, 0.2) is 109 Å². The van der Waals surface area contributed by atoms with E-state index in [-0.39, 0.29) is 0 Å². The average molecular weight is 418 g/mol. The fourth-order valence-electron chi connectivity index (χ4n) is 4.90. The van der Waals surface area contributed by atoms with E-state index in [4.69, 9.17) is 4.21 Å². The Morgan fingerprint density at radius 3 is 1.27 bits per heavy atom. The number of hydrogen-bond donors (Lipinski definition) is 0. The second-order valence-corrected chi connectivity index (χ2v) is 23.6. The fraction of sp³-hybridized carbons (Fsp3) is 0.160. The Morgan fingerprint density at radius 1 is 0.577 bits per heavy atom. The molecule has 0 amide bonds. The Bertz CT molecular complexity index is 839. The summed E-state index contributed by atoms with van der Waals surface area (Å²) in [6.07, 6.45) is 18.6. The first-order chi connectivity index (χ1) is 12.7. The SMILES string of the molecule is [CH2]=[Zr]([CH2]c1ccccc1)([CH2]c1ccccc1)([CH]1C=CC=C1)[CH]1C=CC=C1. The third kappa shape index (κ3) is 3.14. The summed E-state index contributed by atoms with van der Waals surface area (Å²) in [7, 11) is 0. The predicted octanol–water partition coefficient (Wildman–Crippen LogP) is 6.34. The quantitative estimate of drug-likeness (QED) is 0.514. The van der Waals surface area contributed by atoms with Crippen LogP contribution in [-0.2, 0) is 26.6 Å². The van der Waals surface area contributed by atoms with Crippen molar-refractivity contribution in [1.82, 2.24) is 0 Å². The summed E-state index contributed by atoms with van der Waals surface area (Å²) < 4.78 is 8.52. The molecule has 2 aromatic carbocycles. The van der Waals surface area contributed by atoms with E-state index in [0.29, 0.717) is 7.25 Å². The molecular formula is C25H26Zr. The van der Waals surface area contributed by atoms with Gasteiger partial charge in [-0.3, -0.25) is 0 Å². The molecule has 0 atom stereocenters. The molecule has 0 bridgehead atoms. The van der Waals surface area contributed by atoms with Gasteiger partial charge in [-0.1, -0.05) is 0 Å². The molecular weight excluding hydrogens is 391 g/mol. The molecule has 0 nitrogen and oxygen atoms in total. The van der Waals surface area contributed by atoms with Crippen LogP contribution >= 0.6 is 0 Å². The van der Waals surface area contributed by atoms with Gasteiger partial charge in [-0.05, 0) is 0 Å². The minimum absolute atomic E-state index is 0.495. The van der Waals surface area contributed by atoms with Gasteiger partial charge >= 0.3 is 158 Å². The van der Waals surface area contributed by atoms with Crippen molar-refractivity contribution in [3.8, 4) is 0 Å². The van der Waals surface area contributed by atoms with E-state index in [1.165, 1.54) is 11.1 Å². The van der Waals surface area contributed by atoms with E-state index >= 15 is 0 Å². The Morgan fingerprint density at radius 2 is 0.923 bits per heavy atom. The standard InChI is InChI=1S/2C7H7.2C5H5.CH2.Zr/c2*1-7-5-3-2-4-6-7;2*1-2-4-5-3-1;;/h2*2-6H,1H2;2*1-5H;1H2;. The molecule has 0 saturated carbocycles. The zero-order chi connectivity index (χ0) is 17.9. The van der Waals surface area contributed by atoms with E-state index in [9.17, 15) is 0 Å². The van der Waals surface area contributed by atoms with Crippen molar-refractivity contribution in [2.45, 2.75) is 15.5 Å². The molecule has 0 unspecified atom stereocenters. The van der Waals surface area contributed by atoms with Crippen LogP contribution in [0.25, 0.3) is 0 Å². The molecule has 2 aliphatic carbocycles. The number of hydrogen-bond acceptors (Lipinski definition) is 0. The molecule has 0 aromatic heterocycles. The summed E-state index contributed by atoms with van der Waals surface area (Å²) in [6, 6.07) is 22.0. The Labute approximate surface area is 157 Å². The molecule has 0 radical (unpaired) electrons. The molecule has 0 saturated heterocycles. The predicted molar refractivity (Wildman–Crippen MR) is 111 cm³/mol. The van der Waals surface area contributed by atoms with Crippen LogP contribution < -0.4 is 0 Å². The average Bonchev–Trinajstić information content (AvgIpc) is 3.38. The molecule has 0 spiro atoms. The number of allylic oxidation sites excluding steroid dienone is 8. The van der Waals surface area contributed by atoms with Gasteiger partial charge in [0.15, 0.2) is 0 Å². The van der Waals surface area contributed by atoms with E-state index in [1.54, 1.807) is 0 Å². The van der Waals surface area contributed by atoms with Gasteiger partial charge in [-0.25, -0.2) is 0 Å². The topological polar surface area (TPSA) is 0 Å². The first-order valence-corrected chi connectivity index (χ1v) is 17.6. The zero-order valence-corrected chi connectivity index (χ0v) is 17.6. The molecule has 1 heteroatoms. The molecule has 4 rings (SSSR count). The van der Waals surface area contributed by atoms with Crippen LogP contribution in [0.1, 0.15) is 11.1 Å². The van der Waals surface area contributed by atoms with Crippen LogP contribution in [0.4, 0.5) is 0 Å². The van der Waals surface area contributed by atoms with Crippen molar-refractivity contribution in [1.29, 1.82) is 0 Å². The summed E-state index contributed by atoms with van der Waals surface area (Å²) >= 11 is -3.67. The van der Waals surface area contributed by atoms with Gasteiger partial charge in [0.05, 0.1) is 0 Å². The van der Waals surface area contributed by atoms with Gasteiger partial charge in [0, 0.05) is 0 Å². The summed E-state index contributed by atoms with van der Waals surface area (Å²) in [4.78, 5) is 0. The Balaban J connectivity index is 1.89. The summed E-state index contributed by atoms with van der Waals surface area (Å²) in [5, 5.41) is 0. The van der Waals surface area contributed by atoms with Crippen LogP contribution in [0.5, 0.6) is 0 Å². The molecule has 0 N–H and O–H groups in total. The monoisotopic (exact) mass is 416 g/mol. The maximum atomic E-state index is 5.26. The van der Waals surface area contributed by atoms with E-state index in [1.807, 2.05) is 0 Å². The summed E-state index contributed by atoms with van der Waals surface area (Å²) in [6.45, 7) is 0. The zero-order valence-electron chi connectivity index (χ0n) is 15.2. The van der Waals surface area contributed by atoms with Crippen molar-refractivity contribution in [3.63, 3.8) is 0 Å². The maximum absolute atomic E-state index is 5.26. The van der Waals surface area contributed by atoms with Gasteiger partial charge in [0.25, 0.3) is 0 Å². The number of rotatable bonds is 6. The van der Waals surface area contributed by atoms with Crippen molar-refractivity contribution in [2.75, 3.05) is 0 Å². The van der Waals surface area contributed by atoms with Gasteiger partial charge in [-0.2, -0.15) is 0 Å². The molecule has 2 aliphatic rings. The van der Waals surface area contributed by atoms with E-state index in [2.05, 4.69) is 109 Å². The molecule has 2 aromatic rings.